The molecule has 0 fully saturated rings. The molecule has 12 amide bonds. The van der Waals surface area contributed by atoms with E-state index in [1.165, 1.54) is 59.6 Å². The fraction of sp³-hybridized carbons (Fsp3) is 0.672. The number of carbonyl (C=O) groups excluding carboxylic acids is 12. The SMILES string of the molecule is CC[C@H](C)[C@H](NC(=O)[C@H](CC(=O)O)NC(=O)[C@H](CCCN=C(N)N)NC(=O)[C@H](CC(N)=O)NC(=O)[C@H](CCSC)NC(=O)[C@H](CC(C)C)NC(=O)[C@H](Cc1ccc(O)cc1)NC(=O)[C@H](CCSC)NC(=O)[C@H](CCC(=O)O)NC(=O)[C@@H](N)CCSC)C(=O)N[C@@H](CC(C)C)C(=O)N[C@@H](CCCCN)C(=O)O. The van der Waals surface area contributed by atoms with Crippen molar-refractivity contribution in [1.29, 1.82) is 0 Å². The number of aliphatic imine (C=N–C) groups is 1. The van der Waals surface area contributed by atoms with Gasteiger partial charge in [0.15, 0.2) is 5.96 Å². The zero-order valence-electron chi connectivity index (χ0n) is 61.8. The average molecular weight is 1560 g/mol. The van der Waals surface area contributed by atoms with Crippen LogP contribution in [0.4, 0.5) is 0 Å². The number of guanidine groups is 1. The summed E-state index contributed by atoms with van der Waals surface area (Å²) in [7, 11) is 0. The Balaban J connectivity index is 3.80. The number of nitrogens with one attached hydrogen (secondary N) is 11. The topological polar surface area (TPSA) is 612 Å². The number of amides is 12. The number of primary amides is 1. The molecule has 1 aromatic rings. The van der Waals surface area contributed by atoms with E-state index in [-0.39, 0.29) is 119 Å². The minimum absolute atomic E-state index is 0.0243. The highest BCUT2D eigenvalue weighted by Gasteiger charge is 2.39. The van der Waals surface area contributed by atoms with Gasteiger partial charge in [-0.3, -0.25) is 72.1 Å². The van der Waals surface area contributed by atoms with Crippen molar-refractivity contribution in [3.63, 3.8) is 0 Å². The van der Waals surface area contributed by atoms with Crippen LogP contribution in [0.25, 0.3) is 0 Å². The largest absolute Gasteiger partial charge is 0.508 e. The fourth-order valence-corrected chi connectivity index (χ4v) is 11.8. The highest BCUT2D eigenvalue weighted by atomic mass is 32.2. The summed E-state index contributed by atoms with van der Waals surface area (Å²) in [6, 6.07) is -12.5. The zero-order chi connectivity index (χ0) is 80.3. The zero-order valence-corrected chi connectivity index (χ0v) is 64.2. The fourth-order valence-electron chi connectivity index (χ4n) is 10.4. The summed E-state index contributed by atoms with van der Waals surface area (Å²) < 4.78 is 0. The number of nitrogens with zero attached hydrogens (tertiary/aromatic N) is 1. The predicted molar refractivity (Wildman–Crippen MR) is 402 cm³/mol. The third kappa shape index (κ3) is 38.5. The molecular formula is C67H113N17O19S3. The number of aromatic hydroxyl groups is 1. The van der Waals surface area contributed by atoms with Crippen molar-refractivity contribution in [3.05, 3.63) is 29.8 Å². The number of unbranched alkanes of at least 4 members (excludes halogenated alkanes) is 1. The molecule has 36 nitrogen and oxygen atoms in total. The van der Waals surface area contributed by atoms with Crippen LogP contribution in [0.5, 0.6) is 5.75 Å². The maximum atomic E-state index is 14.7. The first kappa shape index (κ1) is 95.3. The number of hydrogen-bond donors (Lipinski definition) is 20. The first-order valence-corrected chi connectivity index (χ1v) is 39.1. The number of aliphatic carboxylic acids is 3. The lowest BCUT2D eigenvalue weighted by molar-refractivity contribution is -0.143. The second-order valence-electron chi connectivity index (χ2n) is 26.3. The van der Waals surface area contributed by atoms with E-state index in [1.807, 2.05) is 0 Å². The van der Waals surface area contributed by atoms with Crippen LogP contribution in [0.3, 0.4) is 0 Å². The number of carbonyl (C=O) groups is 15. The van der Waals surface area contributed by atoms with Gasteiger partial charge in [0.2, 0.25) is 70.9 Å². The molecule has 1 aromatic carbocycles. The van der Waals surface area contributed by atoms with E-state index < -0.39 is 186 Å². The number of phenols is 1. The summed E-state index contributed by atoms with van der Waals surface area (Å²) in [4.78, 5) is 209. The number of carboxylic acid groups (broad SMARTS) is 3. The Morgan fingerprint density at radius 1 is 0.443 bits per heavy atom. The standard InChI is InChI=1S/C67H113N17O19S3/c1-10-37(6)54(65(101)83-47(31-36(4)5)61(97)78-45(66(102)103)14-11-12-25-68)84-64(100)50(34-53(89)90)82-56(92)41(15-13-26-73-67(71)72)75-63(99)49(33-51(70)86)81-59(95)44(24-29-106-9)77-60(96)46(30-35(2)3)79-62(98)48(32-38-16-18-39(85)19-17-38)80-58(94)43(23-28-105-8)76-57(93)42(20-21-52(87)88)74-55(91)40(69)22-27-104-7/h16-19,35-37,40-50,54,85H,10-15,20-34,68-69H2,1-9H3,(H2,70,86)(H,74,91)(H,75,99)(H,76,93)(H,77,96)(H,78,97)(H,79,98)(H,80,94)(H,81,95)(H,82,92)(H,83,101)(H,84,100)(H,87,88)(H,89,90)(H,102,103)(H4,71,72,73)/t37-,40-,41-,42-,43-,44-,45-,46-,47-,48-,49-,50-,54-/m0/s1. The minimum atomic E-state index is -1.97. The second kappa shape index (κ2) is 51.5. The van der Waals surface area contributed by atoms with E-state index in [4.69, 9.17) is 28.7 Å². The van der Waals surface area contributed by atoms with Crippen LogP contribution in [0, 0.1) is 17.8 Å². The molecule has 0 bridgehead atoms. The minimum Gasteiger partial charge on any atom is -0.508 e. The normalized spacial score (nSPS) is 14.8. The second-order valence-corrected chi connectivity index (χ2v) is 29.3. The third-order valence-corrected chi connectivity index (χ3v) is 18.3. The molecule has 0 heterocycles. The van der Waals surface area contributed by atoms with Crippen LogP contribution in [-0.4, -0.2) is 237 Å². The van der Waals surface area contributed by atoms with Crippen LogP contribution in [0.15, 0.2) is 29.3 Å². The summed E-state index contributed by atoms with van der Waals surface area (Å²) >= 11 is 3.99. The molecule has 106 heavy (non-hydrogen) atoms. The first-order chi connectivity index (χ1) is 49.9. The molecule has 25 N–H and O–H groups in total. The molecular weight excluding hydrogens is 1440 g/mol. The molecule has 0 saturated heterocycles. The first-order valence-electron chi connectivity index (χ1n) is 35.0. The number of phenolic OH excluding ortho intramolecular Hbond substituents is 1. The molecule has 1 rings (SSSR count). The summed E-state index contributed by atoms with van der Waals surface area (Å²) in [6.07, 6.45) is 2.75. The lowest BCUT2D eigenvalue weighted by Crippen LogP contribution is -2.61. The van der Waals surface area contributed by atoms with Crippen LogP contribution in [0.2, 0.25) is 0 Å². The molecule has 0 aliphatic carbocycles. The van der Waals surface area contributed by atoms with Gasteiger partial charge in [0.1, 0.15) is 72.2 Å². The highest BCUT2D eigenvalue weighted by molar-refractivity contribution is 7.99. The van der Waals surface area contributed by atoms with Gasteiger partial charge in [-0.05, 0) is 149 Å². The van der Waals surface area contributed by atoms with Gasteiger partial charge in [0.05, 0.1) is 18.9 Å². The number of carboxylic acids is 3. The average Bonchev–Trinajstić information content (AvgIpc) is 0.853. The highest BCUT2D eigenvalue weighted by Crippen LogP contribution is 2.17. The molecule has 0 aliphatic heterocycles. The predicted octanol–water partition coefficient (Wildman–Crippen LogP) is -2.53. The molecule has 0 aromatic heterocycles. The maximum Gasteiger partial charge on any atom is 0.326 e. The monoisotopic (exact) mass is 1560 g/mol. The van der Waals surface area contributed by atoms with E-state index in [0.29, 0.717) is 24.2 Å². The Labute approximate surface area is 630 Å². The third-order valence-electron chi connectivity index (χ3n) is 16.4. The van der Waals surface area contributed by atoms with E-state index in [0.717, 1.165) is 0 Å². The summed E-state index contributed by atoms with van der Waals surface area (Å²) in [5, 5.41) is 67.2. The van der Waals surface area contributed by atoms with Crippen molar-refractivity contribution >= 4 is 130 Å². The number of rotatable bonds is 55. The van der Waals surface area contributed by atoms with Crippen molar-refractivity contribution in [2.24, 2.45) is 51.4 Å². The van der Waals surface area contributed by atoms with Crippen molar-refractivity contribution < 1.29 is 92.3 Å². The summed E-state index contributed by atoms with van der Waals surface area (Å²) in [5.41, 5.74) is 28.7. The number of nitrogens with two attached hydrogens (primary N) is 5. The summed E-state index contributed by atoms with van der Waals surface area (Å²) in [5.74, 6) is -17.0. The smallest absolute Gasteiger partial charge is 0.326 e. The van der Waals surface area contributed by atoms with Crippen LogP contribution < -0.4 is 87.2 Å². The van der Waals surface area contributed by atoms with E-state index in [9.17, 15) is 92.3 Å². The van der Waals surface area contributed by atoms with Gasteiger partial charge >= 0.3 is 17.9 Å². The van der Waals surface area contributed by atoms with Gasteiger partial charge < -0.3 is 108 Å². The molecule has 0 unspecified atom stereocenters. The lowest BCUT2D eigenvalue weighted by atomic mass is 9.96. The van der Waals surface area contributed by atoms with Crippen LogP contribution in [-0.2, 0) is 78.3 Å². The van der Waals surface area contributed by atoms with Crippen molar-refractivity contribution in [2.75, 3.05) is 49.1 Å². The molecule has 13 atom stereocenters. The van der Waals surface area contributed by atoms with Gasteiger partial charge in [0.25, 0.3) is 0 Å². The Hall–Kier alpha value is -8.69. The Morgan fingerprint density at radius 3 is 1.27 bits per heavy atom. The van der Waals surface area contributed by atoms with Gasteiger partial charge in [-0.25, -0.2) is 4.79 Å². The molecule has 598 valence electrons. The Morgan fingerprint density at radius 2 is 0.830 bits per heavy atom. The Kier molecular flexibility index (Phi) is 46.3. The number of thioether (sulfide) groups is 3. The van der Waals surface area contributed by atoms with Gasteiger partial charge in [-0.2, -0.15) is 35.3 Å². The molecule has 0 saturated carbocycles. The molecule has 0 radical (unpaired) electrons. The maximum absolute atomic E-state index is 14.7. The summed E-state index contributed by atoms with van der Waals surface area (Å²) in [6.45, 7) is 10.3. The number of hydrogen-bond acceptors (Lipinski definition) is 22. The van der Waals surface area contributed by atoms with Crippen molar-refractivity contribution in [1.82, 2.24) is 58.5 Å². The quantitative estimate of drug-likeness (QED) is 0.0182. The van der Waals surface area contributed by atoms with E-state index >= 15 is 0 Å². The van der Waals surface area contributed by atoms with Crippen molar-refractivity contribution in [2.45, 2.75) is 217 Å². The van der Waals surface area contributed by atoms with Crippen LogP contribution >= 0.6 is 35.3 Å². The molecule has 0 aliphatic rings. The number of benzene rings is 1. The van der Waals surface area contributed by atoms with E-state index in [1.54, 1.807) is 60.3 Å². The van der Waals surface area contributed by atoms with Gasteiger partial charge in [-0.15, -0.1) is 0 Å². The molecule has 39 heteroatoms. The lowest BCUT2D eigenvalue weighted by Gasteiger charge is -2.29. The van der Waals surface area contributed by atoms with E-state index in [2.05, 4.69) is 63.5 Å². The Bertz CT molecular complexity index is 3100. The van der Waals surface area contributed by atoms with Crippen LogP contribution in [0.1, 0.15) is 143 Å². The van der Waals surface area contributed by atoms with Gasteiger partial charge in [-0.1, -0.05) is 60.1 Å². The molecule has 0 spiro atoms. The van der Waals surface area contributed by atoms with Gasteiger partial charge in [0, 0.05) is 19.4 Å². The van der Waals surface area contributed by atoms with Crippen molar-refractivity contribution in [3.8, 4) is 5.75 Å².